The fraction of sp³-hybridized carbons (Fsp3) is 0.435. The molecule has 0 saturated carbocycles. The van der Waals surface area contributed by atoms with E-state index in [0.717, 1.165) is 38.2 Å². The Labute approximate surface area is 303 Å². The molecule has 0 fully saturated rings. The molecule has 50 heavy (non-hydrogen) atoms. The van der Waals surface area contributed by atoms with Crippen LogP contribution in [0.3, 0.4) is 0 Å². The summed E-state index contributed by atoms with van der Waals surface area (Å²) < 4.78 is 14.0. The molecule has 0 bridgehead atoms. The van der Waals surface area contributed by atoms with E-state index in [-0.39, 0.29) is 27.1 Å². The Kier molecular flexibility index (Phi) is 9.60. The van der Waals surface area contributed by atoms with Crippen LogP contribution >= 0.6 is 7.94 Å². The zero-order valence-electron chi connectivity index (χ0n) is 33.3. The third kappa shape index (κ3) is 8.06. The van der Waals surface area contributed by atoms with Crippen molar-refractivity contribution in [3.05, 3.63) is 113 Å². The summed E-state index contributed by atoms with van der Waals surface area (Å²) in [6.45, 7) is 33.2. The predicted octanol–water partition coefficient (Wildman–Crippen LogP) is 13.0. The lowest BCUT2D eigenvalue weighted by Gasteiger charge is -2.28. The molecule has 0 aliphatic rings. The summed E-state index contributed by atoms with van der Waals surface area (Å²) in [5.41, 5.74) is 5.13. The average Bonchev–Trinajstić information content (AvgIpc) is 2.97. The van der Waals surface area contributed by atoms with Gasteiger partial charge >= 0.3 is 7.94 Å². The Hall–Kier alpha value is -3.39. The molecule has 3 nitrogen and oxygen atoms in total. The van der Waals surface area contributed by atoms with Crippen molar-refractivity contribution in [1.29, 1.82) is 0 Å². The van der Waals surface area contributed by atoms with Gasteiger partial charge in [0.15, 0.2) is 11.5 Å². The van der Waals surface area contributed by atoms with Crippen LogP contribution in [-0.4, -0.2) is 4.89 Å². The SMILES string of the molecule is CC(C)(C)c1cccc([P+](O)(Oc2cc3ccc(C(C)(C)C)cc3cc2C(C)(C)C)Oc2cc3ccc(C(C)(C)C)cc3cc2C(C)(C)C)c1. The van der Waals surface area contributed by atoms with E-state index < -0.39 is 7.94 Å². The zero-order valence-corrected chi connectivity index (χ0v) is 34.2. The van der Waals surface area contributed by atoms with Crippen molar-refractivity contribution in [1.82, 2.24) is 0 Å². The van der Waals surface area contributed by atoms with Crippen LogP contribution in [0.5, 0.6) is 11.5 Å². The predicted molar refractivity (Wildman–Crippen MR) is 218 cm³/mol. The molecule has 5 rings (SSSR count). The van der Waals surface area contributed by atoms with Gasteiger partial charge in [-0.3, -0.25) is 9.05 Å². The Morgan fingerprint density at radius 3 is 1.14 bits per heavy atom. The Morgan fingerprint density at radius 2 is 0.780 bits per heavy atom. The van der Waals surface area contributed by atoms with E-state index in [2.05, 4.69) is 177 Å². The van der Waals surface area contributed by atoms with Gasteiger partial charge in [-0.1, -0.05) is 152 Å². The molecular formula is C46H60O3P+. The maximum Gasteiger partial charge on any atom is 0.533 e. The summed E-state index contributed by atoms with van der Waals surface area (Å²) in [4.78, 5) is 13.1. The second-order valence-corrected chi connectivity index (χ2v) is 21.2. The first kappa shape index (κ1) is 37.9. The normalized spacial score (nSPS) is 13.6. The molecule has 0 spiro atoms. The molecule has 0 saturated heterocycles. The number of benzene rings is 5. The van der Waals surface area contributed by atoms with Crippen molar-refractivity contribution in [2.75, 3.05) is 0 Å². The zero-order chi connectivity index (χ0) is 37.2. The lowest BCUT2D eigenvalue weighted by Crippen LogP contribution is -2.25. The molecule has 4 heteroatoms. The van der Waals surface area contributed by atoms with Gasteiger partial charge in [0.1, 0.15) is 0 Å². The van der Waals surface area contributed by atoms with Crippen LogP contribution in [0.25, 0.3) is 21.5 Å². The van der Waals surface area contributed by atoms with Crippen molar-refractivity contribution in [3.63, 3.8) is 0 Å². The van der Waals surface area contributed by atoms with E-state index in [1.807, 2.05) is 12.1 Å². The van der Waals surface area contributed by atoms with Gasteiger partial charge in [0.25, 0.3) is 0 Å². The van der Waals surface area contributed by atoms with Crippen LogP contribution in [0, 0.1) is 0 Å². The van der Waals surface area contributed by atoms with Gasteiger partial charge in [0.2, 0.25) is 5.30 Å². The lowest BCUT2D eigenvalue weighted by molar-refractivity contribution is 0.353. The summed E-state index contributed by atoms with van der Waals surface area (Å²) in [7, 11) is -3.78. The minimum absolute atomic E-state index is 0.0296. The van der Waals surface area contributed by atoms with Crippen molar-refractivity contribution in [2.24, 2.45) is 0 Å². The largest absolute Gasteiger partial charge is 0.533 e. The van der Waals surface area contributed by atoms with Gasteiger partial charge in [-0.25, -0.2) is 0 Å². The van der Waals surface area contributed by atoms with Crippen LogP contribution in [-0.2, 0) is 27.1 Å². The number of rotatable bonds is 5. The molecule has 5 aromatic carbocycles. The summed E-state index contributed by atoms with van der Waals surface area (Å²) in [6, 6.07) is 30.1. The Balaban J connectivity index is 1.75. The number of hydrogen-bond donors (Lipinski definition) is 1. The fourth-order valence-electron chi connectivity index (χ4n) is 6.35. The second-order valence-electron chi connectivity index (χ2n) is 19.3. The highest BCUT2D eigenvalue weighted by atomic mass is 31.2. The lowest BCUT2D eigenvalue weighted by atomic mass is 9.83. The Bertz CT molecular complexity index is 1920. The molecular weight excluding hydrogens is 631 g/mol. The van der Waals surface area contributed by atoms with Crippen molar-refractivity contribution in [3.8, 4) is 11.5 Å². The van der Waals surface area contributed by atoms with E-state index in [1.165, 1.54) is 11.1 Å². The maximum absolute atomic E-state index is 13.1. The molecule has 0 amide bonds. The minimum atomic E-state index is -3.78. The first-order valence-corrected chi connectivity index (χ1v) is 19.6. The van der Waals surface area contributed by atoms with Crippen LogP contribution in [0.2, 0.25) is 0 Å². The molecule has 0 radical (unpaired) electrons. The molecule has 1 N–H and O–H groups in total. The van der Waals surface area contributed by atoms with Gasteiger partial charge < -0.3 is 0 Å². The molecule has 0 atom stereocenters. The third-order valence-corrected chi connectivity index (χ3v) is 11.5. The average molecular weight is 692 g/mol. The van der Waals surface area contributed by atoms with E-state index in [0.29, 0.717) is 16.8 Å². The first-order valence-electron chi connectivity index (χ1n) is 18.1. The van der Waals surface area contributed by atoms with Crippen molar-refractivity contribution >= 4 is 34.8 Å². The van der Waals surface area contributed by atoms with Crippen molar-refractivity contribution < 1.29 is 13.9 Å². The third-order valence-electron chi connectivity index (χ3n) is 9.71. The quantitative estimate of drug-likeness (QED) is 0.186. The standard InChI is InChI=1S/C46H60O3P/c1-42(2,3)34-17-16-18-37(29-34)50(47,48-40-27-30-19-21-35(43(4,5)6)23-32(30)25-38(40)45(10,11)12)49-41-28-31-20-22-36(44(7,8)9)24-33(31)26-39(41)46(13,14)15/h16-29,47H,1-15H3/q+1. The summed E-state index contributed by atoms with van der Waals surface area (Å²) in [6.07, 6.45) is 0. The number of hydrogen-bond acceptors (Lipinski definition) is 3. The monoisotopic (exact) mass is 691 g/mol. The molecule has 0 aromatic heterocycles. The van der Waals surface area contributed by atoms with E-state index in [4.69, 9.17) is 9.05 Å². The van der Waals surface area contributed by atoms with Crippen LogP contribution in [0.4, 0.5) is 0 Å². The molecule has 0 unspecified atom stereocenters. The molecule has 266 valence electrons. The minimum Gasteiger partial charge on any atom is -0.273 e. The molecule has 5 aromatic rings. The van der Waals surface area contributed by atoms with Gasteiger partial charge in [-0.2, -0.15) is 4.89 Å². The van der Waals surface area contributed by atoms with E-state index in [1.54, 1.807) is 0 Å². The van der Waals surface area contributed by atoms with Crippen molar-refractivity contribution in [2.45, 2.75) is 131 Å². The topological polar surface area (TPSA) is 38.7 Å². The van der Waals surface area contributed by atoms with Gasteiger partial charge in [0, 0.05) is 11.1 Å². The van der Waals surface area contributed by atoms with Gasteiger partial charge in [-0.05, 0) is 102 Å². The van der Waals surface area contributed by atoms with E-state index in [9.17, 15) is 4.89 Å². The second kappa shape index (κ2) is 12.7. The summed E-state index contributed by atoms with van der Waals surface area (Å²) in [5, 5.41) is 5.09. The van der Waals surface area contributed by atoms with Gasteiger partial charge in [0.05, 0.1) is 0 Å². The highest BCUT2D eigenvalue weighted by molar-refractivity contribution is 7.69. The smallest absolute Gasteiger partial charge is 0.273 e. The maximum atomic E-state index is 13.1. The van der Waals surface area contributed by atoms with Gasteiger partial charge in [-0.15, -0.1) is 0 Å². The van der Waals surface area contributed by atoms with E-state index >= 15 is 0 Å². The van der Waals surface area contributed by atoms with Crippen LogP contribution in [0.1, 0.15) is 132 Å². The summed E-state index contributed by atoms with van der Waals surface area (Å²) >= 11 is 0. The molecule has 0 heterocycles. The summed E-state index contributed by atoms with van der Waals surface area (Å²) in [5.74, 6) is 1.27. The van der Waals surface area contributed by atoms with Crippen LogP contribution < -0.4 is 14.4 Å². The Morgan fingerprint density at radius 1 is 0.400 bits per heavy atom. The van der Waals surface area contributed by atoms with Crippen LogP contribution in [0.15, 0.2) is 84.9 Å². The fourth-order valence-corrected chi connectivity index (χ4v) is 8.01. The molecule has 0 aliphatic carbocycles. The number of fused-ring (bicyclic) bond motifs is 2. The first-order chi connectivity index (χ1) is 22.8. The molecule has 0 aliphatic heterocycles. The highest BCUT2D eigenvalue weighted by Crippen LogP contribution is 2.58. The highest BCUT2D eigenvalue weighted by Gasteiger charge is 2.50.